The summed E-state index contributed by atoms with van der Waals surface area (Å²) in [5.74, 6) is -0.110. The van der Waals surface area contributed by atoms with E-state index < -0.39 is 24.7 Å². The molecule has 8 nitrogen and oxygen atoms in total. The third kappa shape index (κ3) is 4.97. The van der Waals surface area contributed by atoms with Gasteiger partial charge in [0.2, 0.25) is 0 Å². The van der Waals surface area contributed by atoms with Gasteiger partial charge in [-0.2, -0.15) is 13.2 Å². The first-order valence-electron chi connectivity index (χ1n) is 11.4. The number of hydrogen-bond donors (Lipinski definition) is 0. The average Bonchev–Trinajstić information content (AvgIpc) is 3.49. The van der Waals surface area contributed by atoms with Gasteiger partial charge >= 0.3 is 6.18 Å². The summed E-state index contributed by atoms with van der Waals surface area (Å²) >= 11 is 3.42. The van der Waals surface area contributed by atoms with Crippen LogP contribution in [0.2, 0.25) is 0 Å². The van der Waals surface area contributed by atoms with Crippen molar-refractivity contribution in [3.8, 4) is 22.7 Å². The predicted octanol–water partition coefficient (Wildman–Crippen LogP) is 5.29. The molecule has 0 aliphatic carbocycles. The van der Waals surface area contributed by atoms with E-state index in [1.807, 2.05) is 29.8 Å². The van der Waals surface area contributed by atoms with Crippen molar-refractivity contribution in [1.29, 1.82) is 0 Å². The van der Waals surface area contributed by atoms with Crippen molar-refractivity contribution in [2.45, 2.75) is 32.0 Å². The zero-order chi connectivity index (χ0) is 26.3. The molecular formula is C25H22BrF3N6O2. The van der Waals surface area contributed by atoms with Crippen molar-refractivity contribution >= 4 is 27.5 Å². The highest BCUT2D eigenvalue weighted by Gasteiger charge is 2.40. The lowest BCUT2D eigenvalue weighted by Crippen LogP contribution is -2.42. The third-order valence-electron chi connectivity index (χ3n) is 6.24. The Morgan fingerprint density at radius 2 is 1.97 bits per heavy atom. The maximum absolute atomic E-state index is 13.5. The zero-order valence-electron chi connectivity index (χ0n) is 19.9. The fourth-order valence-corrected chi connectivity index (χ4v) is 5.06. The van der Waals surface area contributed by atoms with Gasteiger partial charge in [0.05, 0.1) is 31.0 Å². The van der Waals surface area contributed by atoms with Crippen LogP contribution in [0.3, 0.4) is 0 Å². The number of halogens is 4. The molecule has 0 spiro atoms. The fourth-order valence-electron chi connectivity index (χ4n) is 4.50. The minimum Gasteiger partial charge on any atom is -0.495 e. The molecule has 2 aromatic heterocycles. The Morgan fingerprint density at radius 3 is 2.68 bits per heavy atom. The first-order chi connectivity index (χ1) is 17.6. The minimum atomic E-state index is -4.57. The first-order valence-corrected chi connectivity index (χ1v) is 12.2. The van der Waals surface area contributed by atoms with Gasteiger partial charge in [0, 0.05) is 21.9 Å². The summed E-state index contributed by atoms with van der Waals surface area (Å²) in [6.45, 7) is 0.497. The molecule has 0 unspecified atom stereocenters. The van der Waals surface area contributed by atoms with Gasteiger partial charge in [-0.3, -0.25) is 4.79 Å². The lowest BCUT2D eigenvalue weighted by molar-refractivity contribution is -0.134. The summed E-state index contributed by atoms with van der Waals surface area (Å²) in [5, 5.41) is 8.35. The molecule has 2 aromatic carbocycles. The molecule has 0 radical (unpaired) electrons. The molecule has 3 heterocycles. The number of aromatic nitrogens is 5. The molecule has 0 saturated carbocycles. The van der Waals surface area contributed by atoms with Crippen LogP contribution in [-0.4, -0.2) is 50.3 Å². The van der Waals surface area contributed by atoms with Gasteiger partial charge in [0.25, 0.3) is 5.91 Å². The monoisotopic (exact) mass is 574 g/mol. The highest BCUT2D eigenvalue weighted by Crippen LogP contribution is 2.37. The van der Waals surface area contributed by atoms with Gasteiger partial charge in [-0.05, 0) is 49.6 Å². The Hall–Kier alpha value is -3.67. The number of carbonyl (C=O) groups excluding carboxylic acids is 1. The van der Waals surface area contributed by atoms with E-state index in [4.69, 9.17) is 4.74 Å². The maximum atomic E-state index is 13.5. The van der Waals surface area contributed by atoms with E-state index in [1.54, 1.807) is 37.8 Å². The van der Waals surface area contributed by atoms with E-state index in [0.29, 0.717) is 33.5 Å². The van der Waals surface area contributed by atoms with E-state index in [2.05, 4.69) is 31.2 Å². The van der Waals surface area contributed by atoms with Crippen molar-refractivity contribution in [1.82, 2.24) is 24.5 Å². The highest BCUT2D eigenvalue weighted by molar-refractivity contribution is 9.10. The number of methoxy groups -OCH3 is 1. The summed E-state index contributed by atoms with van der Waals surface area (Å²) < 4.78 is 49.8. The molecule has 0 N–H and O–H groups in total. The molecule has 1 amide bonds. The number of fused-ring (bicyclic) bond motifs is 1. The summed E-state index contributed by atoms with van der Waals surface area (Å²) in [6.07, 6.45) is 1.23. The Morgan fingerprint density at radius 1 is 1.16 bits per heavy atom. The largest absolute Gasteiger partial charge is 0.495 e. The number of benzene rings is 2. The highest BCUT2D eigenvalue weighted by atomic mass is 79.9. The fraction of sp³-hybridized carbons (Fsp3) is 0.280. The van der Waals surface area contributed by atoms with Gasteiger partial charge in [-0.25, -0.2) is 9.67 Å². The lowest BCUT2D eigenvalue weighted by Gasteiger charge is -2.27. The van der Waals surface area contributed by atoms with E-state index in [0.717, 1.165) is 16.3 Å². The van der Waals surface area contributed by atoms with Crippen LogP contribution >= 0.6 is 15.9 Å². The number of nitrogens with zero attached hydrogens (tertiary/aromatic N) is 6. The maximum Gasteiger partial charge on any atom is 0.406 e. The van der Waals surface area contributed by atoms with Crippen LogP contribution < -0.4 is 9.64 Å². The molecule has 192 valence electrons. The number of anilines is 1. The van der Waals surface area contributed by atoms with Crippen LogP contribution in [-0.2, 0) is 11.2 Å². The lowest BCUT2D eigenvalue weighted by atomic mass is 10.1. The minimum absolute atomic E-state index is 0.245. The number of alkyl halides is 3. The Balaban J connectivity index is 1.48. The van der Waals surface area contributed by atoms with Gasteiger partial charge in [-0.15, -0.1) is 5.10 Å². The van der Waals surface area contributed by atoms with Gasteiger partial charge in [0.15, 0.2) is 0 Å². The molecular weight excluding hydrogens is 553 g/mol. The van der Waals surface area contributed by atoms with Crippen LogP contribution in [0.25, 0.3) is 16.9 Å². The number of amides is 1. The number of imidazole rings is 1. The van der Waals surface area contributed by atoms with Crippen LogP contribution in [0.5, 0.6) is 5.75 Å². The third-order valence-corrected chi connectivity index (χ3v) is 6.98. The SMILES string of the molecule is COc1cc(-c2cn([C@@H]3CCc4c(Br)cccc4N(CC(F)(F)F)C3=O)nn2)ccc1-n1cnc(C)c1. The smallest absolute Gasteiger partial charge is 0.406 e. The van der Waals surface area contributed by atoms with E-state index >= 15 is 0 Å². The molecule has 37 heavy (non-hydrogen) atoms. The summed E-state index contributed by atoms with van der Waals surface area (Å²) in [5.41, 5.74) is 3.68. The topological polar surface area (TPSA) is 78.1 Å². The molecule has 0 bridgehead atoms. The van der Waals surface area contributed by atoms with Crippen molar-refractivity contribution in [2.75, 3.05) is 18.6 Å². The second-order valence-electron chi connectivity index (χ2n) is 8.72. The molecule has 0 fully saturated rings. The van der Waals surface area contributed by atoms with Crippen LogP contribution in [0.15, 0.2) is 59.6 Å². The van der Waals surface area contributed by atoms with Crippen molar-refractivity contribution < 1.29 is 22.7 Å². The van der Waals surface area contributed by atoms with E-state index in [9.17, 15) is 18.0 Å². The summed E-state index contributed by atoms with van der Waals surface area (Å²) in [6, 6.07) is 9.44. The predicted molar refractivity (Wildman–Crippen MR) is 134 cm³/mol. The molecule has 1 aliphatic rings. The molecule has 1 aliphatic heterocycles. The van der Waals surface area contributed by atoms with Crippen LogP contribution in [0.1, 0.15) is 23.7 Å². The van der Waals surface area contributed by atoms with Crippen LogP contribution in [0, 0.1) is 6.92 Å². The average molecular weight is 575 g/mol. The van der Waals surface area contributed by atoms with Gasteiger partial charge in [0.1, 0.15) is 24.0 Å². The number of aryl methyl sites for hydroxylation is 1. The van der Waals surface area contributed by atoms with Crippen LogP contribution in [0.4, 0.5) is 18.9 Å². The number of hydrogen-bond acceptors (Lipinski definition) is 5. The van der Waals surface area contributed by atoms with Crippen molar-refractivity contribution in [2.24, 2.45) is 0 Å². The van der Waals surface area contributed by atoms with Crippen molar-refractivity contribution in [3.63, 3.8) is 0 Å². The molecule has 4 aromatic rings. The Labute approximate surface area is 218 Å². The van der Waals surface area contributed by atoms with Crippen molar-refractivity contribution in [3.05, 3.63) is 70.8 Å². The second kappa shape index (κ2) is 9.66. The standard InChI is InChI=1S/C25H22BrF3N6O2/c1-15-11-33(14-30-15)21-8-6-16(10-23(21)37-2)19-12-35(32-31-19)22-9-7-17-18(26)4-3-5-20(17)34(24(22)36)13-25(27,28)29/h3-6,8,10-12,14,22H,7,9,13H2,1-2H3/t22-/m1/s1. The Kier molecular flexibility index (Phi) is 6.52. The van der Waals surface area contributed by atoms with Gasteiger partial charge < -0.3 is 14.2 Å². The molecule has 12 heteroatoms. The quantitative estimate of drug-likeness (QED) is 0.323. The number of carbonyl (C=O) groups is 1. The first kappa shape index (κ1) is 25.0. The molecule has 0 saturated heterocycles. The van der Waals surface area contributed by atoms with Gasteiger partial charge in [-0.1, -0.05) is 33.3 Å². The number of ether oxygens (including phenoxy) is 1. The normalized spacial score (nSPS) is 16.0. The van der Waals surface area contributed by atoms with E-state index in [-0.39, 0.29) is 12.1 Å². The summed E-state index contributed by atoms with van der Waals surface area (Å²) in [4.78, 5) is 18.5. The number of rotatable bonds is 5. The zero-order valence-corrected chi connectivity index (χ0v) is 21.5. The second-order valence-corrected chi connectivity index (χ2v) is 9.58. The molecule has 1 atom stereocenters. The Bertz CT molecular complexity index is 1460. The summed E-state index contributed by atoms with van der Waals surface area (Å²) in [7, 11) is 1.55. The van der Waals surface area contributed by atoms with E-state index in [1.165, 1.54) is 10.7 Å². The molecule has 5 rings (SSSR count).